The zero-order chi connectivity index (χ0) is 16.8. The maximum absolute atomic E-state index is 12.0. The second-order valence-corrected chi connectivity index (χ2v) is 6.02. The van der Waals surface area contributed by atoms with Crippen LogP contribution in [0.5, 0.6) is 0 Å². The first kappa shape index (κ1) is 18.9. The third-order valence-corrected chi connectivity index (χ3v) is 3.62. The van der Waals surface area contributed by atoms with Gasteiger partial charge >= 0.3 is 35.6 Å². The first-order valence-corrected chi connectivity index (χ1v) is 7.83. The van der Waals surface area contributed by atoms with Gasteiger partial charge in [0.05, 0.1) is 30.3 Å². The van der Waals surface area contributed by atoms with E-state index in [2.05, 4.69) is 14.7 Å². The van der Waals surface area contributed by atoms with Crippen LogP contribution in [-0.4, -0.2) is 63.8 Å². The molecule has 11 nitrogen and oxygen atoms in total. The molecule has 0 spiro atoms. The number of nitrogens with one attached hydrogen (secondary N) is 1. The Morgan fingerprint density at radius 3 is 2.83 bits per heavy atom. The molecule has 24 heavy (non-hydrogen) atoms. The molecule has 0 aromatic carbocycles. The van der Waals surface area contributed by atoms with Gasteiger partial charge in [-0.25, -0.2) is 17.9 Å². The molecule has 3 heterocycles. The van der Waals surface area contributed by atoms with Crippen molar-refractivity contribution < 1.29 is 56.4 Å². The normalized spacial score (nSPS) is 19.8. The maximum Gasteiger partial charge on any atom is 1.00 e. The summed E-state index contributed by atoms with van der Waals surface area (Å²) in [6.07, 6.45) is 4.57. The van der Waals surface area contributed by atoms with Crippen LogP contribution in [0.2, 0.25) is 0 Å². The molecule has 124 valence electrons. The fraction of sp³-hybridized carbons (Fsp3) is 0.364. The predicted octanol–water partition coefficient (Wildman–Crippen LogP) is -3.80. The molecule has 0 saturated carbocycles. The number of nitrogens with zero attached hydrogens (tertiary/aromatic N) is 4. The Balaban J connectivity index is 0.00000208. The number of urea groups is 1. The number of hydrogen-bond acceptors (Lipinski definition) is 7. The monoisotopic (exact) mass is 365 g/mol. The Kier molecular flexibility index (Phi) is 5.37. The maximum atomic E-state index is 12.0. The summed E-state index contributed by atoms with van der Waals surface area (Å²) >= 11 is 0. The van der Waals surface area contributed by atoms with Gasteiger partial charge in [0.2, 0.25) is 16.3 Å². The number of rotatable bonds is 4. The zero-order valence-corrected chi connectivity index (χ0v) is 15.7. The number of aromatic nitrogens is 2. The van der Waals surface area contributed by atoms with Gasteiger partial charge in [0.25, 0.3) is 0 Å². The molecule has 2 aliphatic rings. The molecule has 1 unspecified atom stereocenters. The van der Waals surface area contributed by atoms with E-state index in [9.17, 15) is 22.6 Å². The summed E-state index contributed by atoms with van der Waals surface area (Å²) in [6, 6.07) is -1.43. The number of hydrogen-bond donors (Lipinski definition) is 1. The van der Waals surface area contributed by atoms with E-state index in [1.54, 1.807) is 12.3 Å². The van der Waals surface area contributed by atoms with Crippen molar-refractivity contribution in [2.75, 3.05) is 18.4 Å². The summed E-state index contributed by atoms with van der Waals surface area (Å²) in [4.78, 5) is 24.3. The molecule has 2 aliphatic heterocycles. The molecular weight excluding hydrogens is 353 g/mol. The van der Waals surface area contributed by atoms with E-state index in [0.717, 1.165) is 0 Å². The van der Waals surface area contributed by atoms with Gasteiger partial charge in [-0.1, -0.05) is 0 Å². The Labute approximate surface area is 159 Å². The average Bonchev–Trinajstić information content (AvgIpc) is 2.97. The number of anilines is 1. The molecule has 1 N–H and O–H groups in total. The summed E-state index contributed by atoms with van der Waals surface area (Å²) in [5.41, 5.74) is 1.06. The fourth-order valence-corrected chi connectivity index (χ4v) is 2.84. The van der Waals surface area contributed by atoms with Crippen LogP contribution in [0.1, 0.15) is 6.92 Å². The molecule has 0 radical (unpaired) electrons. The molecule has 1 atom stereocenters. The minimum atomic E-state index is -5.04. The van der Waals surface area contributed by atoms with Gasteiger partial charge in [-0.05, 0) is 6.08 Å². The van der Waals surface area contributed by atoms with Crippen LogP contribution in [0.25, 0.3) is 5.70 Å². The quantitative estimate of drug-likeness (QED) is 0.328. The van der Waals surface area contributed by atoms with Crippen molar-refractivity contribution in [1.82, 2.24) is 19.7 Å². The van der Waals surface area contributed by atoms with Crippen molar-refractivity contribution in [3.05, 3.63) is 18.5 Å². The predicted molar refractivity (Wildman–Crippen MR) is 74.2 cm³/mol. The van der Waals surface area contributed by atoms with Crippen molar-refractivity contribution in [3.8, 4) is 0 Å². The standard InChI is InChI=1S/C11H13N5O6S.Na/c1-7(17)13-8-3-12-15(4-8)9-2-10-6-14(5-9)11(18)16(10)22-23(19,20)21;/h2-4,10H,5-6H2,1H3,(H,13,17)(H,19,20,21);/q;+1/p-1. The van der Waals surface area contributed by atoms with Crippen molar-refractivity contribution in [2.45, 2.75) is 13.0 Å². The Hall–Kier alpha value is -1.44. The zero-order valence-electron chi connectivity index (χ0n) is 12.9. The summed E-state index contributed by atoms with van der Waals surface area (Å²) in [6.45, 7) is 1.73. The molecule has 1 fully saturated rings. The van der Waals surface area contributed by atoms with Crippen molar-refractivity contribution in [1.29, 1.82) is 0 Å². The Bertz CT molecular complexity index is 806. The largest absolute Gasteiger partial charge is 1.00 e. The third-order valence-electron chi connectivity index (χ3n) is 3.27. The molecule has 1 aromatic heterocycles. The fourth-order valence-electron chi connectivity index (χ4n) is 2.46. The second kappa shape index (κ2) is 6.82. The van der Waals surface area contributed by atoms with E-state index in [1.165, 1.54) is 22.7 Å². The van der Waals surface area contributed by atoms with Crippen LogP contribution in [0.4, 0.5) is 10.5 Å². The van der Waals surface area contributed by atoms with Crippen molar-refractivity contribution >= 4 is 33.7 Å². The number of fused-ring (bicyclic) bond motifs is 2. The summed E-state index contributed by atoms with van der Waals surface area (Å²) in [5, 5.41) is 7.17. The number of hydroxylamine groups is 2. The molecule has 0 aliphatic carbocycles. The Morgan fingerprint density at radius 1 is 1.50 bits per heavy atom. The average molecular weight is 365 g/mol. The van der Waals surface area contributed by atoms with Crippen LogP contribution >= 0.6 is 0 Å². The first-order valence-electron chi connectivity index (χ1n) is 6.50. The molecule has 3 rings (SSSR count). The van der Waals surface area contributed by atoms with Crippen LogP contribution < -0.4 is 34.9 Å². The number of carbonyl (C=O) groups excluding carboxylic acids is 2. The van der Waals surface area contributed by atoms with Gasteiger partial charge in [-0.15, -0.1) is 0 Å². The summed E-state index contributed by atoms with van der Waals surface area (Å²) in [5.74, 6) is -0.249. The second-order valence-electron chi connectivity index (χ2n) is 5.05. The van der Waals surface area contributed by atoms with E-state index in [1.807, 2.05) is 0 Å². The van der Waals surface area contributed by atoms with Crippen LogP contribution in [0.15, 0.2) is 18.5 Å². The molecule has 13 heteroatoms. The van der Waals surface area contributed by atoms with Gasteiger partial charge in [-0.3, -0.25) is 4.79 Å². The van der Waals surface area contributed by atoms with E-state index in [0.29, 0.717) is 16.4 Å². The van der Waals surface area contributed by atoms with E-state index >= 15 is 0 Å². The molecule has 1 saturated heterocycles. The van der Waals surface area contributed by atoms with Crippen molar-refractivity contribution in [3.63, 3.8) is 0 Å². The minimum absolute atomic E-state index is 0. The van der Waals surface area contributed by atoms with Gasteiger partial charge in [0, 0.05) is 13.5 Å². The van der Waals surface area contributed by atoms with Crippen LogP contribution in [0.3, 0.4) is 0 Å². The summed E-state index contributed by atoms with van der Waals surface area (Å²) in [7, 11) is -5.04. The molecule has 1 aromatic rings. The molecule has 2 bridgehead atoms. The van der Waals surface area contributed by atoms with E-state index in [-0.39, 0.29) is 48.6 Å². The van der Waals surface area contributed by atoms with E-state index in [4.69, 9.17) is 0 Å². The van der Waals surface area contributed by atoms with Gasteiger partial charge in [0.15, 0.2) is 0 Å². The van der Waals surface area contributed by atoms with Gasteiger partial charge in [0.1, 0.15) is 6.04 Å². The van der Waals surface area contributed by atoms with Gasteiger partial charge < -0.3 is 14.8 Å². The molecular formula is C11H12N5NaO6S. The number of carbonyl (C=O) groups is 2. The minimum Gasteiger partial charge on any atom is -0.724 e. The van der Waals surface area contributed by atoms with Gasteiger partial charge in [-0.2, -0.15) is 14.4 Å². The molecule has 3 amide bonds. The van der Waals surface area contributed by atoms with E-state index < -0.39 is 22.5 Å². The van der Waals surface area contributed by atoms with Crippen molar-refractivity contribution in [2.24, 2.45) is 0 Å². The smallest absolute Gasteiger partial charge is 0.724 e. The first-order chi connectivity index (χ1) is 10.7. The van der Waals surface area contributed by atoms with Crippen LogP contribution in [0, 0.1) is 0 Å². The summed E-state index contributed by atoms with van der Waals surface area (Å²) < 4.78 is 37.8. The SMILES string of the molecule is CC(=O)Nc1cnn(C2=CC3CN(C2)C(=O)N3OS(=O)(=O)[O-])c1.[Na+]. The Morgan fingerprint density at radius 2 is 2.21 bits per heavy atom. The third kappa shape index (κ3) is 3.96. The number of amides is 3. The topological polar surface area (TPSA) is 137 Å². The van der Waals surface area contributed by atoms with Crippen LogP contribution in [-0.2, 0) is 19.5 Å².